The first-order valence-electron chi connectivity index (χ1n) is 9.64. The molecule has 1 aliphatic heterocycles. The van der Waals surface area contributed by atoms with E-state index < -0.39 is 28.4 Å². The molecule has 2 aromatic carbocycles. The van der Waals surface area contributed by atoms with Crippen molar-refractivity contribution in [1.29, 1.82) is 0 Å². The highest BCUT2D eigenvalue weighted by Crippen LogP contribution is 2.39. The molecule has 1 heterocycles. The molecule has 1 atom stereocenters. The molecular weight excluding hydrogens is 404 g/mol. The normalized spacial score (nSPS) is 18.0. The average molecular weight is 426 g/mol. The molecule has 2 N–H and O–H groups in total. The molecule has 0 aliphatic carbocycles. The third kappa shape index (κ3) is 4.56. The van der Waals surface area contributed by atoms with Gasteiger partial charge in [-0.25, -0.2) is 0 Å². The highest BCUT2D eigenvalue weighted by molar-refractivity contribution is 6.46. The average Bonchev–Trinajstić information content (AvgIpc) is 2.98. The Morgan fingerprint density at radius 3 is 2.48 bits per heavy atom. The van der Waals surface area contributed by atoms with Crippen molar-refractivity contribution in [2.45, 2.75) is 26.0 Å². The van der Waals surface area contributed by atoms with Crippen molar-refractivity contribution in [2.75, 3.05) is 13.2 Å². The second kappa shape index (κ2) is 8.97. The van der Waals surface area contributed by atoms with Gasteiger partial charge in [0, 0.05) is 24.2 Å². The van der Waals surface area contributed by atoms with Crippen LogP contribution in [-0.4, -0.2) is 51.0 Å². The van der Waals surface area contributed by atoms with Gasteiger partial charge in [-0.3, -0.25) is 19.7 Å². The van der Waals surface area contributed by atoms with Gasteiger partial charge >= 0.3 is 0 Å². The molecule has 1 unspecified atom stereocenters. The third-order valence-corrected chi connectivity index (χ3v) is 4.86. The molecular formula is C22H22N2O7. The minimum atomic E-state index is -0.935. The molecule has 0 spiro atoms. The molecule has 9 nitrogen and oxygen atoms in total. The van der Waals surface area contributed by atoms with Gasteiger partial charge in [0.2, 0.25) is 0 Å². The van der Waals surface area contributed by atoms with Crippen molar-refractivity contribution in [3.05, 3.63) is 75.3 Å². The van der Waals surface area contributed by atoms with E-state index in [2.05, 4.69) is 0 Å². The molecule has 3 rings (SSSR count). The molecule has 1 saturated heterocycles. The van der Waals surface area contributed by atoms with Crippen LogP contribution in [0.2, 0.25) is 0 Å². The number of rotatable bonds is 7. The summed E-state index contributed by atoms with van der Waals surface area (Å²) in [4.78, 5) is 37.4. The van der Waals surface area contributed by atoms with E-state index in [4.69, 9.17) is 4.74 Å². The van der Waals surface area contributed by atoms with Gasteiger partial charge in [-0.2, -0.15) is 0 Å². The Hall–Kier alpha value is -3.72. The zero-order chi connectivity index (χ0) is 22.7. The maximum Gasteiger partial charge on any atom is 0.295 e. The van der Waals surface area contributed by atoms with Crippen molar-refractivity contribution in [3.63, 3.8) is 0 Å². The number of phenolic OH excluding ortho intramolecular Hbond substituents is 1. The lowest BCUT2D eigenvalue weighted by Crippen LogP contribution is -2.33. The van der Waals surface area contributed by atoms with Crippen molar-refractivity contribution >= 4 is 23.1 Å². The summed E-state index contributed by atoms with van der Waals surface area (Å²) in [7, 11) is 0. The Balaban J connectivity index is 2.11. The summed E-state index contributed by atoms with van der Waals surface area (Å²) in [5.41, 5.74) is 0.105. The Morgan fingerprint density at radius 2 is 1.87 bits per heavy atom. The molecule has 162 valence electrons. The summed E-state index contributed by atoms with van der Waals surface area (Å²) < 4.78 is 5.51. The summed E-state index contributed by atoms with van der Waals surface area (Å²) in [6.45, 7) is 3.96. The standard InChI is InChI=1S/C22H22N2O7/c1-13(2)31-11-10-23-19(14-6-8-17(25)9-7-14)18(21(27)22(23)28)20(26)15-4-3-5-16(12-15)24(29)30/h3-9,12-13,19,25-26H,10-11H2,1-2H3/b20-18-. The van der Waals surface area contributed by atoms with Gasteiger partial charge in [0.25, 0.3) is 17.4 Å². The van der Waals surface area contributed by atoms with Crippen molar-refractivity contribution in [3.8, 4) is 5.75 Å². The van der Waals surface area contributed by atoms with Gasteiger partial charge in [0.1, 0.15) is 11.5 Å². The lowest BCUT2D eigenvalue weighted by atomic mass is 9.95. The molecule has 0 saturated carbocycles. The van der Waals surface area contributed by atoms with E-state index in [0.29, 0.717) is 5.56 Å². The zero-order valence-corrected chi connectivity index (χ0v) is 17.0. The Kier molecular flexibility index (Phi) is 6.36. The quantitative estimate of drug-likeness (QED) is 0.229. The molecule has 31 heavy (non-hydrogen) atoms. The van der Waals surface area contributed by atoms with E-state index in [-0.39, 0.29) is 41.8 Å². The molecule has 2 aromatic rings. The number of benzene rings is 2. The minimum absolute atomic E-state index is 0.00234. The number of carbonyl (C=O) groups excluding carboxylic acids is 2. The highest BCUT2D eigenvalue weighted by atomic mass is 16.6. The van der Waals surface area contributed by atoms with Gasteiger partial charge in [0.05, 0.1) is 29.2 Å². The topological polar surface area (TPSA) is 130 Å². The van der Waals surface area contributed by atoms with Crippen LogP contribution in [0.4, 0.5) is 5.69 Å². The van der Waals surface area contributed by atoms with Crippen LogP contribution in [0.25, 0.3) is 5.76 Å². The predicted octanol–water partition coefficient (Wildman–Crippen LogP) is 3.15. The van der Waals surface area contributed by atoms with E-state index in [1.54, 1.807) is 12.1 Å². The van der Waals surface area contributed by atoms with E-state index >= 15 is 0 Å². The Bertz CT molecular complexity index is 1040. The number of aliphatic hydroxyl groups is 1. The number of hydrogen-bond donors (Lipinski definition) is 2. The van der Waals surface area contributed by atoms with Crippen LogP contribution < -0.4 is 0 Å². The SMILES string of the molecule is CC(C)OCCN1C(=O)C(=O)/C(=C(\O)c2cccc([N+](=O)[O-])c2)C1c1ccc(O)cc1. The summed E-state index contributed by atoms with van der Waals surface area (Å²) in [5.74, 6) is -2.21. The highest BCUT2D eigenvalue weighted by Gasteiger charge is 2.46. The first-order chi connectivity index (χ1) is 14.7. The fourth-order valence-electron chi connectivity index (χ4n) is 3.42. The Morgan fingerprint density at radius 1 is 1.19 bits per heavy atom. The molecule has 0 radical (unpaired) electrons. The van der Waals surface area contributed by atoms with Crippen LogP contribution in [-0.2, 0) is 14.3 Å². The van der Waals surface area contributed by atoms with Crippen molar-refractivity contribution in [2.24, 2.45) is 0 Å². The van der Waals surface area contributed by atoms with Crippen LogP contribution in [0.15, 0.2) is 54.1 Å². The van der Waals surface area contributed by atoms with Gasteiger partial charge in [-0.1, -0.05) is 24.3 Å². The summed E-state index contributed by atoms with van der Waals surface area (Å²) >= 11 is 0. The number of nitro groups is 1. The van der Waals surface area contributed by atoms with E-state index in [1.807, 2.05) is 13.8 Å². The van der Waals surface area contributed by atoms with Crippen molar-refractivity contribution < 1.29 is 29.5 Å². The summed E-state index contributed by atoms with van der Waals surface area (Å²) in [6, 6.07) is 10.2. The number of Topliss-reactive ketones (excluding diaryl/α,β-unsaturated/α-hetero) is 1. The van der Waals surface area contributed by atoms with Gasteiger partial charge in [-0.05, 0) is 31.5 Å². The first kappa shape index (κ1) is 22.0. The first-order valence-corrected chi connectivity index (χ1v) is 9.64. The number of ether oxygens (including phenoxy) is 1. The third-order valence-electron chi connectivity index (χ3n) is 4.86. The number of non-ortho nitro benzene ring substituents is 1. The number of phenols is 1. The number of likely N-dealkylation sites (tertiary alicyclic amines) is 1. The maximum absolute atomic E-state index is 12.9. The minimum Gasteiger partial charge on any atom is -0.508 e. The number of aromatic hydroxyl groups is 1. The van der Waals surface area contributed by atoms with Crippen molar-refractivity contribution in [1.82, 2.24) is 4.90 Å². The predicted molar refractivity (Wildman–Crippen MR) is 111 cm³/mol. The number of hydrogen-bond acceptors (Lipinski definition) is 7. The smallest absolute Gasteiger partial charge is 0.295 e. The van der Waals surface area contributed by atoms with E-state index in [9.17, 15) is 29.9 Å². The lowest BCUT2D eigenvalue weighted by molar-refractivity contribution is -0.384. The van der Waals surface area contributed by atoms with Crippen LogP contribution in [0.3, 0.4) is 0 Å². The molecule has 0 bridgehead atoms. The largest absolute Gasteiger partial charge is 0.508 e. The van der Waals surface area contributed by atoms with E-state index in [0.717, 1.165) is 6.07 Å². The number of nitro benzene ring substituents is 1. The fourth-order valence-corrected chi connectivity index (χ4v) is 3.42. The summed E-state index contributed by atoms with van der Waals surface area (Å²) in [5, 5.41) is 31.6. The molecule has 0 aromatic heterocycles. The number of nitrogens with zero attached hydrogens (tertiary/aromatic N) is 2. The fraction of sp³-hybridized carbons (Fsp3) is 0.273. The molecule has 1 fully saturated rings. The van der Waals surface area contributed by atoms with Crippen LogP contribution >= 0.6 is 0 Å². The second-order valence-corrected chi connectivity index (χ2v) is 7.31. The summed E-state index contributed by atoms with van der Waals surface area (Å²) in [6.07, 6.45) is -0.0752. The monoisotopic (exact) mass is 426 g/mol. The van der Waals surface area contributed by atoms with Crippen LogP contribution in [0, 0.1) is 10.1 Å². The maximum atomic E-state index is 12.9. The van der Waals surface area contributed by atoms with Crippen LogP contribution in [0.1, 0.15) is 31.0 Å². The molecule has 1 aliphatic rings. The lowest BCUT2D eigenvalue weighted by Gasteiger charge is -2.25. The van der Waals surface area contributed by atoms with Crippen LogP contribution in [0.5, 0.6) is 5.75 Å². The molecule has 1 amide bonds. The number of aliphatic hydroxyl groups excluding tert-OH is 1. The van der Waals surface area contributed by atoms with E-state index in [1.165, 1.54) is 35.2 Å². The molecule has 9 heteroatoms. The number of ketones is 1. The second-order valence-electron chi connectivity index (χ2n) is 7.31. The van der Waals surface area contributed by atoms with Gasteiger partial charge in [-0.15, -0.1) is 0 Å². The zero-order valence-electron chi connectivity index (χ0n) is 17.0. The van der Waals surface area contributed by atoms with Gasteiger partial charge in [0.15, 0.2) is 0 Å². The number of carbonyl (C=O) groups is 2. The number of amides is 1. The van der Waals surface area contributed by atoms with Gasteiger partial charge < -0.3 is 19.8 Å². The Labute approximate surface area is 178 Å².